The molecule has 59 heavy (non-hydrogen) atoms. The Labute approximate surface area is 368 Å². The molecule has 0 amide bonds. The van der Waals surface area contributed by atoms with Gasteiger partial charge in [0.1, 0.15) is 13.2 Å². The van der Waals surface area contributed by atoms with Gasteiger partial charge >= 0.3 is 17.9 Å². The van der Waals surface area contributed by atoms with E-state index in [9.17, 15) is 14.4 Å². The average Bonchev–Trinajstić information content (AvgIpc) is 3.19. The van der Waals surface area contributed by atoms with Gasteiger partial charge in [0.25, 0.3) is 0 Å². The number of carbonyl (C=O) groups is 3. The van der Waals surface area contributed by atoms with Crippen molar-refractivity contribution in [3.63, 3.8) is 0 Å². The fourth-order valence-electron chi connectivity index (χ4n) is 7.94. The lowest BCUT2D eigenvalue weighted by molar-refractivity contribution is -0.167. The van der Waals surface area contributed by atoms with Gasteiger partial charge in [0.05, 0.1) is 0 Å². The molecule has 0 N–H and O–H groups in total. The van der Waals surface area contributed by atoms with Crippen LogP contribution >= 0.6 is 0 Å². The minimum absolute atomic E-state index is 0.0656. The summed E-state index contributed by atoms with van der Waals surface area (Å²) in [5.74, 6) is 1.57. The van der Waals surface area contributed by atoms with E-state index in [1.165, 1.54) is 167 Å². The highest BCUT2D eigenvalue weighted by Gasteiger charge is 2.19. The molecule has 0 spiro atoms. The summed E-state index contributed by atoms with van der Waals surface area (Å²) in [6, 6.07) is 0. The van der Waals surface area contributed by atoms with Gasteiger partial charge in [0, 0.05) is 19.3 Å². The van der Waals surface area contributed by atoms with Gasteiger partial charge in [-0.2, -0.15) is 0 Å². The Morgan fingerprint density at radius 2 is 0.492 bits per heavy atom. The van der Waals surface area contributed by atoms with Gasteiger partial charge in [-0.25, -0.2) is 0 Å². The lowest BCUT2D eigenvalue weighted by Crippen LogP contribution is -2.30. The molecular formula is C53H102O6. The molecule has 0 aromatic rings. The van der Waals surface area contributed by atoms with E-state index in [-0.39, 0.29) is 31.1 Å². The summed E-state index contributed by atoms with van der Waals surface area (Å²) in [4.78, 5) is 37.9. The SMILES string of the molecule is CC(C)CCCCCCCCCCCCCCCCCCC(=O)OC[C@@H](COC(=O)CCCCCCCCCCCCC(C)C)OC(=O)CCCCCCCCC(C)C. The topological polar surface area (TPSA) is 78.9 Å². The highest BCUT2D eigenvalue weighted by Crippen LogP contribution is 2.18. The summed E-state index contributed by atoms with van der Waals surface area (Å²) in [5.41, 5.74) is 0. The number of carbonyl (C=O) groups excluding carboxylic acids is 3. The van der Waals surface area contributed by atoms with Crippen LogP contribution in [0.25, 0.3) is 0 Å². The number of hydrogen-bond donors (Lipinski definition) is 0. The first-order valence-electron chi connectivity index (χ1n) is 26.1. The third-order valence-electron chi connectivity index (χ3n) is 11.9. The zero-order valence-corrected chi connectivity index (χ0v) is 40.5. The summed E-state index contributed by atoms with van der Waals surface area (Å²) >= 11 is 0. The molecule has 0 fully saturated rings. The quantitative estimate of drug-likeness (QED) is 0.0345. The average molecular weight is 835 g/mol. The van der Waals surface area contributed by atoms with Crippen molar-refractivity contribution in [2.45, 2.75) is 292 Å². The van der Waals surface area contributed by atoms with Crippen molar-refractivity contribution in [2.24, 2.45) is 17.8 Å². The Hall–Kier alpha value is -1.59. The van der Waals surface area contributed by atoms with Crippen molar-refractivity contribution >= 4 is 17.9 Å². The molecular weight excluding hydrogens is 733 g/mol. The van der Waals surface area contributed by atoms with Gasteiger partial charge in [-0.3, -0.25) is 14.4 Å². The molecule has 350 valence electrons. The van der Waals surface area contributed by atoms with Crippen LogP contribution in [0, 0.1) is 17.8 Å². The van der Waals surface area contributed by atoms with E-state index in [4.69, 9.17) is 14.2 Å². The second kappa shape index (κ2) is 44.5. The molecule has 0 aromatic heterocycles. The summed E-state index contributed by atoms with van der Waals surface area (Å²) in [5, 5.41) is 0. The first kappa shape index (κ1) is 57.4. The molecule has 6 nitrogen and oxygen atoms in total. The van der Waals surface area contributed by atoms with Crippen molar-refractivity contribution in [3.05, 3.63) is 0 Å². The summed E-state index contributed by atoms with van der Waals surface area (Å²) < 4.78 is 16.8. The van der Waals surface area contributed by atoms with Gasteiger partial charge in [-0.15, -0.1) is 0 Å². The van der Waals surface area contributed by atoms with Gasteiger partial charge < -0.3 is 14.2 Å². The molecule has 0 aliphatic carbocycles. The maximum absolute atomic E-state index is 12.7. The number of unbranched alkanes of at least 4 members (excludes halogenated alkanes) is 29. The van der Waals surface area contributed by atoms with Gasteiger partial charge in [0.2, 0.25) is 0 Å². The van der Waals surface area contributed by atoms with Crippen molar-refractivity contribution in [1.29, 1.82) is 0 Å². The minimum Gasteiger partial charge on any atom is -0.462 e. The fourth-order valence-corrected chi connectivity index (χ4v) is 7.94. The molecule has 0 unspecified atom stereocenters. The van der Waals surface area contributed by atoms with Crippen LogP contribution in [0.5, 0.6) is 0 Å². The van der Waals surface area contributed by atoms with Crippen LogP contribution in [0.15, 0.2) is 0 Å². The number of ether oxygens (including phenoxy) is 3. The van der Waals surface area contributed by atoms with E-state index in [0.29, 0.717) is 19.3 Å². The Bertz CT molecular complexity index is 914. The zero-order chi connectivity index (χ0) is 43.4. The van der Waals surface area contributed by atoms with Crippen LogP contribution in [0.1, 0.15) is 286 Å². The molecule has 0 heterocycles. The number of hydrogen-bond acceptors (Lipinski definition) is 6. The molecule has 0 aliphatic rings. The monoisotopic (exact) mass is 835 g/mol. The van der Waals surface area contributed by atoms with Crippen molar-refractivity contribution in [2.75, 3.05) is 13.2 Å². The number of esters is 3. The third kappa shape index (κ3) is 47.3. The molecule has 0 aromatic carbocycles. The molecule has 0 saturated carbocycles. The summed E-state index contributed by atoms with van der Waals surface area (Å²) in [6.45, 7) is 13.7. The van der Waals surface area contributed by atoms with Crippen molar-refractivity contribution in [1.82, 2.24) is 0 Å². The Morgan fingerprint density at radius 1 is 0.288 bits per heavy atom. The first-order chi connectivity index (χ1) is 28.6. The second-order valence-electron chi connectivity index (χ2n) is 19.6. The van der Waals surface area contributed by atoms with E-state index in [1.54, 1.807) is 0 Å². The second-order valence-corrected chi connectivity index (χ2v) is 19.6. The summed E-state index contributed by atoms with van der Waals surface area (Å²) in [6.07, 6.45) is 44.0. The van der Waals surface area contributed by atoms with Crippen LogP contribution in [0.3, 0.4) is 0 Å². The van der Waals surface area contributed by atoms with E-state index in [1.807, 2.05) is 0 Å². The predicted octanol–water partition coefficient (Wildman–Crippen LogP) is 16.8. The molecule has 1 atom stereocenters. The largest absolute Gasteiger partial charge is 0.462 e. The zero-order valence-electron chi connectivity index (χ0n) is 40.5. The highest BCUT2D eigenvalue weighted by molar-refractivity contribution is 5.71. The van der Waals surface area contributed by atoms with Crippen LogP contribution in [0.4, 0.5) is 0 Å². The maximum Gasteiger partial charge on any atom is 0.306 e. The van der Waals surface area contributed by atoms with Crippen molar-refractivity contribution < 1.29 is 28.6 Å². The van der Waals surface area contributed by atoms with Gasteiger partial charge in [-0.1, -0.05) is 247 Å². The molecule has 0 bridgehead atoms. The standard InChI is InChI=1S/C53H102O6/c1-47(2)39-33-27-21-17-13-11-9-7-8-10-12-14-19-23-30-36-42-51(54)57-45-50(59-53(56)44-38-32-26-25-29-35-41-49(5)6)46-58-52(55)43-37-31-24-20-16-15-18-22-28-34-40-48(3)4/h47-50H,7-46H2,1-6H3/t50-/m0/s1. The molecule has 0 saturated heterocycles. The Kier molecular flexibility index (Phi) is 43.3. The maximum atomic E-state index is 12.7. The van der Waals surface area contributed by atoms with E-state index in [0.717, 1.165) is 75.5 Å². The van der Waals surface area contributed by atoms with Gasteiger partial charge in [-0.05, 0) is 37.0 Å². The van der Waals surface area contributed by atoms with Crippen molar-refractivity contribution in [3.8, 4) is 0 Å². The van der Waals surface area contributed by atoms with Crippen LogP contribution in [-0.4, -0.2) is 37.2 Å². The third-order valence-corrected chi connectivity index (χ3v) is 11.9. The lowest BCUT2D eigenvalue weighted by Gasteiger charge is -2.18. The minimum atomic E-state index is -0.763. The molecule has 0 rings (SSSR count). The molecule has 0 radical (unpaired) electrons. The van der Waals surface area contributed by atoms with Crippen LogP contribution in [0.2, 0.25) is 0 Å². The lowest BCUT2D eigenvalue weighted by atomic mass is 10.0. The van der Waals surface area contributed by atoms with Crippen LogP contribution in [-0.2, 0) is 28.6 Å². The fraction of sp³-hybridized carbons (Fsp3) is 0.943. The van der Waals surface area contributed by atoms with E-state index >= 15 is 0 Å². The summed E-state index contributed by atoms with van der Waals surface area (Å²) in [7, 11) is 0. The Balaban J connectivity index is 4.21. The smallest absolute Gasteiger partial charge is 0.306 e. The molecule has 0 aliphatic heterocycles. The van der Waals surface area contributed by atoms with E-state index < -0.39 is 6.10 Å². The number of rotatable bonds is 46. The van der Waals surface area contributed by atoms with Crippen LogP contribution < -0.4 is 0 Å². The van der Waals surface area contributed by atoms with E-state index in [2.05, 4.69) is 41.5 Å². The normalized spacial score (nSPS) is 12.2. The first-order valence-corrected chi connectivity index (χ1v) is 26.1. The molecule has 6 heteroatoms. The predicted molar refractivity (Wildman–Crippen MR) is 252 cm³/mol. The highest BCUT2D eigenvalue weighted by atomic mass is 16.6. The van der Waals surface area contributed by atoms with Gasteiger partial charge in [0.15, 0.2) is 6.10 Å². The Morgan fingerprint density at radius 3 is 0.729 bits per heavy atom.